The van der Waals surface area contributed by atoms with E-state index >= 15 is 0 Å². The summed E-state index contributed by atoms with van der Waals surface area (Å²) in [6.07, 6.45) is 6.79. The highest BCUT2D eigenvalue weighted by Gasteiger charge is 2.31. The van der Waals surface area contributed by atoms with Gasteiger partial charge in [-0.1, -0.05) is 18.2 Å². The molecule has 2 aromatic heterocycles. The molecule has 122 valence electrons. The maximum absolute atomic E-state index is 4.63. The summed E-state index contributed by atoms with van der Waals surface area (Å²) >= 11 is 1.77. The molecule has 5 heteroatoms. The number of nitrogens with one attached hydrogen (secondary N) is 1. The molecule has 1 atom stereocenters. The lowest BCUT2D eigenvalue weighted by Crippen LogP contribution is -2.36. The van der Waals surface area contributed by atoms with E-state index in [9.17, 15) is 0 Å². The average molecular weight is 336 g/mol. The van der Waals surface area contributed by atoms with E-state index in [-0.39, 0.29) is 6.04 Å². The summed E-state index contributed by atoms with van der Waals surface area (Å²) in [5, 5.41) is 0. The molecule has 0 aliphatic carbocycles. The highest BCUT2D eigenvalue weighted by molar-refractivity contribution is 7.98. The van der Waals surface area contributed by atoms with Crippen LogP contribution in [0.2, 0.25) is 0 Å². The van der Waals surface area contributed by atoms with Crippen molar-refractivity contribution in [3.05, 3.63) is 77.6 Å². The number of thioether (sulfide) groups is 1. The van der Waals surface area contributed by atoms with Crippen LogP contribution in [0, 0.1) is 0 Å². The van der Waals surface area contributed by atoms with Crippen molar-refractivity contribution in [2.45, 2.75) is 23.9 Å². The lowest BCUT2D eigenvalue weighted by Gasteiger charge is -2.35. The van der Waals surface area contributed by atoms with Crippen LogP contribution in [-0.2, 0) is 13.0 Å². The molecule has 1 aromatic carbocycles. The summed E-state index contributed by atoms with van der Waals surface area (Å²) in [6, 6.07) is 15.1. The Labute approximate surface area is 146 Å². The van der Waals surface area contributed by atoms with E-state index in [1.54, 1.807) is 11.8 Å². The van der Waals surface area contributed by atoms with E-state index in [0.717, 1.165) is 30.9 Å². The van der Waals surface area contributed by atoms with Crippen LogP contribution < -0.4 is 0 Å². The number of fused-ring (bicyclic) bond motifs is 1. The maximum atomic E-state index is 4.63. The van der Waals surface area contributed by atoms with Gasteiger partial charge in [0.15, 0.2) is 0 Å². The third-order valence-electron chi connectivity index (χ3n) is 4.55. The molecule has 0 fully saturated rings. The molecule has 4 nitrogen and oxygen atoms in total. The fourth-order valence-corrected chi connectivity index (χ4v) is 3.76. The smallest absolute Gasteiger partial charge is 0.0926 e. The molecule has 24 heavy (non-hydrogen) atoms. The molecule has 3 aromatic rings. The molecule has 3 heterocycles. The molecule has 0 saturated carbocycles. The average Bonchev–Trinajstić information content (AvgIpc) is 3.11. The Morgan fingerprint density at radius 1 is 1.17 bits per heavy atom. The van der Waals surface area contributed by atoms with Gasteiger partial charge < -0.3 is 4.98 Å². The summed E-state index contributed by atoms with van der Waals surface area (Å²) in [5.41, 5.74) is 4.79. The first-order chi connectivity index (χ1) is 11.8. The van der Waals surface area contributed by atoms with E-state index in [0.29, 0.717) is 0 Å². The molecule has 0 unspecified atom stereocenters. The quantitative estimate of drug-likeness (QED) is 0.738. The minimum absolute atomic E-state index is 0.179. The van der Waals surface area contributed by atoms with E-state index in [4.69, 9.17) is 0 Å². The Morgan fingerprint density at radius 3 is 2.79 bits per heavy atom. The molecular formula is C19H20N4S. The van der Waals surface area contributed by atoms with Crippen LogP contribution in [0.4, 0.5) is 0 Å². The summed E-state index contributed by atoms with van der Waals surface area (Å²) < 4.78 is 0. The number of H-pyrrole nitrogens is 1. The highest BCUT2D eigenvalue weighted by atomic mass is 32.2. The molecule has 1 aliphatic rings. The zero-order chi connectivity index (χ0) is 16.4. The Kier molecular flexibility index (Phi) is 4.36. The zero-order valence-corrected chi connectivity index (χ0v) is 14.5. The highest BCUT2D eigenvalue weighted by Crippen LogP contribution is 2.34. The van der Waals surface area contributed by atoms with Crippen molar-refractivity contribution in [2.75, 3.05) is 12.8 Å². The predicted octanol–water partition coefficient (Wildman–Crippen LogP) is 3.67. The van der Waals surface area contributed by atoms with Gasteiger partial charge >= 0.3 is 0 Å². The van der Waals surface area contributed by atoms with Crippen molar-refractivity contribution in [1.82, 2.24) is 19.9 Å². The van der Waals surface area contributed by atoms with Crippen LogP contribution in [0.3, 0.4) is 0 Å². The molecule has 4 rings (SSSR count). The number of hydrogen-bond acceptors (Lipinski definition) is 4. The van der Waals surface area contributed by atoms with Gasteiger partial charge in [-0.2, -0.15) is 0 Å². The van der Waals surface area contributed by atoms with Crippen LogP contribution in [0.5, 0.6) is 0 Å². The number of benzene rings is 1. The van der Waals surface area contributed by atoms with Crippen molar-refractivity contribution in [2.24, 2.45) is 0 Å². The van der Waals surface area contributed by atoms with Gasteiger partial charge in [0.2, 0.25) is 0 Å². The number of nitrogens with zero attached hydrogens (tertiary/aromatic N) is 3. The summed E-state index contributed by atoms with van der Waals surface area (Å²) in [4.78, 5) is 16.2. The third kappa shape index (κ3) is 2.97. The molecule has 0 saturated heterocycles. The van der Waals surface area contributed by atoms with Crippen molar-refractivity contribution in [3.63, 3.8) is 0 Å². The number of rotatable bonds is 4. The van der Waals surface area contributed by atoms with Crippen LogP contribution in [0.15, 0.2) is 59.9 Å². The number of aromatic nitrogens is 3. The van der Waals surface area contributed by atoms with Gasteiger partial charge in [-0.05, 0) is 36.1 Å². The standard InChI is InChI=1S/C19H20N4S/c1-24-16-7-5-14(6-8-16)19-18-17(21-13-22-18)9-11-23(19)12-15-4-2-3-10-20-15/h2-8,10,13,19H,9,11-12H2,1H3,(H,21,22)/t19-/m1/s1. The largest absolute Gasteiger partial charge is 0.348 e. The second kappa shape index (κ2) is 6.79. The molecule has 0 amide bonds. The van der Waals surface area contributed by atoms with Crippen molar-refractivity contribution >= 4 is 11.8 Å². The van der Waals surface area contributed by atoms with Crippen molar-refractivity contribution < 1.29 is 0 Å². The van der Waals surface area contributed by atoms with E-state index in [2.05, 4.69) is 62.5 Å². The first-order valence-corrected chi connectivity index (χ1v) is 9.37. The monoisotopic (exact) mass is 336 g/mol. The van der Waals surface area contributed by atoms with E-state index < -0.39 is 0 Å². The molecule has 1 aliphatic heterocycles. The van der Waals surface area contributed by atoms with Gasteiger partial charge in [0, 0.05) is 36.3 Å². The van der Waals surface area contributed by atoms with Crippen LogP contribution in [0.1, 0.15) is 28.7 Å². The first kappa shape index (κ1) is 15.4. The second-order valence-corrected chi connectivity index (χ2v) is 6.86. The van der Waals surface area contributed by atoms with Gasteiger partial charge in [0.25, 0.3) is 0 Å². The van der Waals surface area contributed by atoms with Gasteiger partial charge in [-0.15, -0.1) is 11.8 Å². The summed E-state index contributed by atoms with van der Waals surface area (Å²) in [6.45, 7) is 1.84. The minimum Gasteiger partial charge on any atom is -0.348 e. The van der Waals surface area contributed by atoms with Crippen LogP contribution in [-0.4, -0.2) is 32.7 Å². The number of aromatic amines is 1. The van der Waals surface area contributed by atoms with Gasteiger partial charge in [0.05, 0.1) is 23.8 Å². The number of pyridine rings is 1. The molecule has 0 bridgehead atoms. The van der Waals surface area contributed by atoms with E-state index in [1.807, 2.05) is 18.6 Å². The van der Waals surface area contributed by atoms with Crippen molar-refractivity contribution in [3.8, 4) is 0 Å². The Balaban J connectivity index is 1.69. The first-order valence-electron chi connectivity index (χ1n) is 8.15. The lowest BCUT2D eigenvalue weighted by atomic mass is 9.95. The number of hydrogen-bond donors (Lipinski definition) is 1. The minimum atomic E-state index is 0.179. The van der Waals surface area contributed by atoms with Crippen LogP contribution in [0.25, 0.3) is 0 Å². The zero-order valence-electron chi connectivity index (χ0n) is 13.6. The topological polar surface area (TPSA) is 44.8 Å². The summed E-state index contributed by atoms with van der Waals surface area (Å²) in [7, 11) is 0. The second-order valence-electron chi connectivity index (χ2n) is 5.98. The maximum Gasteiger partial charge on any atom is 0.0926 e. The van der Waals surface area contributed by atoms with Gasteiger partial charge in [-0.3, -0.25) is 9.88 Å². The van der Waals surface area contributed by atoms with Gasteiger partial charge in [0.1, 0.15) is 0 Å². The third-order valence-corrected chi connectivity index (χ3v) is 5.29. The van der Waals surface area contributed by atoms with Crippen LogP contribution >= 0.6 is 11.8 Å². The van der Waals surface area contributed by atoms with Gasteiger partial charge in [-0.25, -0.2) is 4.98 Å². The summed E-state index contributed by atoms with van der Waals surface area (Å²) in [5.74, 6) is 0. The predicted molar refractivity (Wildman–Crippen MR) is 97.0 cm³/mol. The lowest BCUT2D eigenvalue weighted by molar-refractivity contribution is 0.198. The Bertz CT molecular complexity index is 798. The molecule has 1 N–H and O–H groups in total. The molecule has 0 spiro atoms. The Hall–Kier alpha value is -2.11. The number of imidazole rings is 1. The molecular weight excluding hydrogens is 316 g/mol. The molecule has 0 radical (unpaired) electrons. The SMILES string of the molecule is CSc1ccc([C@@H]2c3nc[nH]c3CCN2Cc2ccccn2)cc1. The Morgan fingerprint density at radius 2 is 2.04 bits per heavy atom. The normalized spacial score (nSPS) is 17.6. The fourth-order valence-electron chi connectivity index (χ4n) is 3.35. The van der Waals surface area contributed by atoms with E-state index in [1.165, 1.54) is 16.2 Å². The fraction of sp³-hybridized carbons (Fsp3) is 0.263. The van der Waals surface area contributed by atoms with Crippen molar-refractivity contribution in [1.29, 1.82) is 0 Å².